The molecule has 0 aliphatic rings. The Kier molecular flexibility index (Phi) is 3.91. The van der Waals surface area contributed by atoms with Crippen LogP contribution in [-0.2, 0) is 6.42 Å². The van der Waals surface area contributed by atoms with Crippen LogP contribution in [0.1, 0.15) is 25.5 Å². The van der Waals surface area contributed by atoms with Gasteiger partial charge in [0.25, 0.3) is 0 Å². The van der Waals surface area contributed by atoms with Crippen LogP contribution in [0.3, 0.4) is 0 Å². The number of aryl methyl sites for hydroxylation is 1. The van der Waals surface area contributed by atoms with Gasteiger partial charge < -0.3 is 0 Å². The molecule has 1 N–H and O–H groups in total. The van der Waals surface area contributed by atoms with Crippen LogP contribution in [0, 0.1) is 5.82 Å². The number of rotatable bonds is 5. The van der Waals surface area contributed by atoms with E-state index in [9.17, 15) is 4.39 Å². The molecular formula is C18H19FN2. The predicted molar refractivity (Wildman–Crippen MR) is 84.1 cm³/mol. The number of H-pyrrole nitrogens is 1. The molecule has 2 nitrogen and oxygen atoms in total. The molecule has 1 heterocycles. The molecule has 2 aromatic carbocycles. The van der Waals surface area contributed by atoms with Crippen molar-refractivity contribution in [2.24, 2.45) is 0 Å². The van der Waals surface area contributed by atoms with Crippen molar-refractivity contribution in [2.75, 3.05) is 0 Å². The number of aromatic amines is 1. The van der Waals surface area contributed by atoms with Gasteiger partial charge in [-0.05, 0) is 48.2 Å². The first-order valence-electron chi connectivity index (χ1n) is 7.39. The zero-order chi connectivity index (χ0) is 14.7. The van der Waals surface area contributed by atoms with Gasteiger partial charge in [-0.2, -0.15) is 0 Å². The van der Waals surface area contributed by atoms with Crippen LogP contribution in [0.4, 0.5) is 4.39 Å². The molecule has 21 heavy (non-hydrogen) atoms. The van der Waals surface area contributed by atoms with Gasteiger partial charge in [0.15, 0.2) is 0 Å². The van der Waals surface area contributed by atoms with Crippen LogP contribution in [0.25, 0.3) is 16.8 Å². The molecule has 0 bridgehead atoms. The standard InChI is InChI=1S/C18H19FN2/c1-2-3-7-17-13-21(20-17)18-10-8-14(9-11-18)15-5-4-6-16(19)12-15/h4-6,8-13,20H,2-3,7H2,1H3. The van der Waals surface area contributed by atoms with Gasteiger partial charge in [-0.3, -0.25) is 9.78 Å². The minimum atomic E-state index is -0.204. The predicted octanol–water partition coefficient (Wildman–Crippen LogP) is 4.95. The first kappa shape index (κ1) is 13.7. The summed E-state index contributed by atoms with van der Waals surface area (Å²) in [6.45, 7) is 2.20. The van der Waals surface area contributed by atoms with Crippen molar-refractivity contribution in [3.8, 4) is 16.8 Å². The zero-order valence-corrected chi connectivity index (χ0v) is 12.1. The van der Waals surface area contributed by atoms with Gasteiger partial charge in [0.2, 0.25) is 0 Å². The van der Waals surface area contributed by atoms with E-state index in [1.165, 1.54) is 24.6 Å². The second-order valence-electron chi connectivity index (χ2n) is 5.30. The summed E-state index contributed by atoms with van der Waals surface area (Å²) in [5.41, 5.74) is 4.30. The molecule has 3 rings (SSSR count). The molecule has 0 aliphatic heterocycles. The summed E-state index contributed by atoms with van der Waals surface area (Å²) < 4.78 is 15.3. The Morgan fingerprint density at radius 3 is 2.48 bits per heavy atom. The van der Waals surface area contributed by atoms with Gasteiger partial charge in [-0.15, -0.1) is 0 Å². The highest BCUT2D eigenvalue weighted by molar-refractivity contribution is 5.64. The molecule has 108 valence electrons. The average Bonchev–Trinajstić information content (AvgIpc) is 2.46. The lowest BCUT2D eigenvalue weighted by Gasteiger charge is -2.16. The highest BCUT2D eigenvalue weighted by Crippen LogP contribution is 2.22. The van der Waals surface area contributed by atoms with E-state index < -0.39 is 0 Å². The maximum Gasteiger partial charge on any atom is 0.123 e. The normalized spacial score (nSPS) is 11.0. The minimum Gasteiger partial charge on any atom is -0.297 e. The van der Waals surface area contributed by atoms with E-state index in [0.29, 0.717) is 0 Å². The minimum absolute atomic E-state index is 0.204. The fourth-order valence-corrected chi connectivity index (χ4v) is 2.41. The van der Waals surface area contributed by atoms with Crippen molar-refractivity contribution in [2.45, 2.75) is 26.2 Å². The van der Waals surface area contributed by atoms with Gasteiger partial charge in [-0.1, -0.05) is 37.6 Å². The number of hydrogen-bond donors (Lipinski definition) is 1. The second-order valence-corrected chi connectivity index (χ2v) is 5.30. The molecule has 0 fully saturated rings. The summed E-state index contributed by atoms with van der Waals surface area (Å²) in [5.74, 6) is -0.204. The molecule has 0 radical (unpaired) electrons. The number of aromatic nitrogens is 2. The molecule has 0 saturated heterocycles. The Morgan fingerprint density at radius 1 is 1.05 bits per heavy atom. The third-order valence-corrected chi connectivity index (χ3v) is 3.65. The number of benzene rings is 2. The molecule has 0 atom stereocenters. The third kappa shape index (κ3) is 3.07. The second kappa shape index (κ2) is 6.00. The number of halogens is 1. The van der Waals surface area contributed by atoms with Crippen molar-refractivity contribution in [3.05, 3.63) is 66.2 Å². The van der Waals surface area contributed by atoms with Crippen molar-refractivity contribution >= 4 is 0 Å². The fraction of sp³-hybridized carbons (Fsp3) is 0.222. The van der Waals surface area contributed by atoms with Crippen molar-refractivity contribution in [1.82, 2.24) is 9.78 Å². The van der Waals surface area contributed by atoms with E-state index >= 15 is 0 Å². The fourth-order valence-electron chi connectivity index (χ4n) is 2.41. The Balaban J connectivity index is 1.74. The largest absolute Gasteiger partial charge is 0.297 e. The van der Waals surface area contributed by atoms with Crippen LogP contribution < -0.4 is 0 Å². The van der Waals surface area contributed by atoms with Crippen molar-refractivity contribution in [1.29, 1.82) is 0 Å². The van der Waals surface area contributed by atoms with Gasteiger partial charge >= 0.3 is 0 Å². The number of hydrogen-bond acceptors (Lipinski definition) is 0. The van der Waals surface area contributed by atoms with Crippen LogP contribution in [0.2, 0.25) is 0 Å². The highest BCUT2D eigenvalue weighted by Gasteiger charge is 2.04. The third-order valence-electron chi connectivity index (χ3n) is 3.65. The van der Waals surface area contributed by atoms with E-state index in [0.717, 1.165) is 23.2 Å². The van der Waals surface area contributed by atoms with Crippen LogP contribution in [0.15, 0.2) is 54.7 Å². The van der Waals surface area contributed by atoms with Crippen LogP contribution >= 0.6 is 0 Å². The van der Waals surface area contributed by atoms with Crippen molar-refractivity contribution < 1.29 is 4.39 Å². The lowest BCUT2D eigenvalue weighted by atomic mass is 10.1. The molecular weight excluding hydrogens is 263 g/mol. The van der Waals surface area contributed by atoms with E-state index in [1.54, 1.807) is 12.1 Å². The number of unbranched alkanes of at least 4 members (excludes halogenated alkanes) is 1. The number of nitrogens with zero attached hydrogens (tertiary/aromatic N) is 1. The molecule has 3 aromatic rings. The summed E-state index contributed by atoms with van der Waals surface area (Å²) in [6, 6.07) is 14.8. The van der Waals surface area contributed by atoms with Gasteiger partial charge in [0.05, 0.1) is 11.4 Å². The zero-order valence-electron chi connectivity index (χ0n) is 12.1. The van der Waals surface area contributed by atoms with E-state index in [4.69, 9.17) is 0 Å². The lowest BCUT2D eigenvalue weighted by Crippen LogP contribution is -2.10. The Morgan fingerprint density at radius 2 is 1.81 bits per heavy atom. The van der Waals surface area contributed by atoms with Gasteiger partial charge in [0.1, 0.15) is 5.82 Å². The van der Waals surface area contributed by atoms with E-state index in [-0.39, 0.29) is 5.82 Å². The summed E-state index contributed by atoms with van der Waals surface area (Å²) in [6.07, 6.45) is 5.66. The molecule has 0 amide bonds. The van der Waals surface area contributed by atoms with Crippen LogP contribution in [0.5, 0.6) is 0 Å². The smallest absolute Gasteiger partial charge is 0.123 e. The Bertz CT molecular complexity index is 695. The lowest BCUT2D eigenvalue weighted by molar-refractivity contribution is 0.628. The molecule has 0 spiro atoms. The topological polar surface area (TPSA) is 20.7 Å². The van der Waals surface area contributed by atoms with E-state index in [2.05, 4.69) is 18.2 Å². The first-order chi connectivity index (χ1) is 10.3. The molecule has 0 saturated carbocycles. The summed E-state index contributed by atoms with van der Waals surface area (Å²) in [7, 11) is 0. The molecule has 1 aromatic heterocycles. The molecule has 3 heteroatoms. The molecule has 0 unspecified atom stereocenters. The quantitative estimate of drug-likeness (QED) is 0.683. The summed E-state index contributed by atoms with van der Waals surface area (Å²) in [4.78, 5) is 0. The maximum absolute atomic E-state index is 13.2. The average molecular weight is 282 g/mol. The summed E-state index contributed by atoms with van der Waals surface area (Å²) in [5, 5.41) is 3.33. The van der Waals surface area contributed by atoms with Gasteiger partial charge in [0, 0.05) is 6.20 Å². The number of nitrogens with one attached hydrogen (secondary N) is 1. The van der Waals surface area contributed by atoms with Crippen molar-refractivity contribution in [3.63, 3.8) is 0 Å². The van der Waals surface area contributed by atoms with Crippen LogP contribution in [-0.4, -0.2) is 9.78 Å². The Hall–Kier alpha value is -2.29. The Labute approximate surface area is 124 Å². The maximum atomic E-state index is 13.2. The molecule has 0 aliphatic carbocycles. The first-order valence-corrected chi connectivity index (χ1v) is 7.39. The SMILES string of the molecule is CCCCc1cn(-c2ccc(-c3cccc(F)c3)cc2)[nH]1. The van der Waals surface area contributed by atoms with Gasteiger partial charge in [-0.25, -0.2) is 4.39 Å². The summed E-state index contributed by atoms with van der Waals surface area (Å²) >= 11 is 0. The van der Waals surface area contributed by atoms with E-state index in [1.807, 2.05) is 35.0 Å². The highest BCUT2D eigenvalue weighted by atomic mass is 19.1. The monoisotopic (exact) mass is 282 g/mol.